The van der Waals surface area contributed by atoms with E-state index in [1.807, 2.05) is 6.07 Å². The van der Waals surface area contributed by atoms with Crippen molar-refractivity contribution in [1.29, 1.82) is 0 Å². The Hall–Kier alpha value is -0.700. The highest BCUT2D eigenvalue weighted by Gasteiger charge is 2.42. The zero-order valence-electron chi connectivity index (χ0n) is 10.8. The first-order valence-corrected chi connectivity index (χ1v) is 7.78. The molecule has 18 heavy (non-hydrogen) atoms. The lowest BCUT2D eigenvalue weighted by atomic mass is 9.73. The molecule has 1 saturated heterocycles. The van der Waals surface area contributed by atoms with E-state index in [-0.39, 0.29) is 0 Å². The molecule has 1 heterocycles. The average Bonchev–Trinajstić information content (AvgIpc) is 2.56. The number of benzene rings is 1. The van der Waals surface area contributed by atoms with Crippen LogP contribution in [0.25, 0.3) is 0 Å². The molecule has 2 fully saturated rings. The minimum atomic E-state index is 0.612. The summed E-state index contributed by atoms with van der Waals surface area (Å²) in [5.41, 5.74) is 8.63. The first-order valence-electron chi connectivity index (χ1n) is 6.99. The van der Waals surface area contributed by atoms with Crippen LogP contribution in [0.3, 0.4) is 0 Å². The lowest BCUT2D eigenvalue weighted by Crippen LogP contribution is -2.56. The average molecular weight is 309 g/mol. The highest BCUT2D eigenvalue weighted by Crippen LogP contribution is 2.46. The quantitative estimate of drug-likeness (QED) is 0.788. The molecular weight excluding hydrogens is 288 g/mol. The summed E-state index contributed by atoms with van der Waals surface area (Å²) in [7, 11) is 0. The summed E-state index contributed by atoms with van der Waals surface area (Å²) in [5.74, 6) is 0. The van der Waals surface area contributed by atoms with Crippen LogP contribution in [-0.2, 0) is 0 Å². The summed E-state index contributed by atoms with van der Waals surface area (Å²) < 4.78 is 1.17. The summed E-state index contributed by atoms with van der Waals surface area (Å²) in [6.07, 6.45) is 8.55. The van der Waals surface area contributed by atoms with Crippen molar-refractivity contribution in [2.45, 2.75) is 38.5 Å². The summed E-state index contributed by atoms with van der Waals surface area (Å²) in [5, 5.41) is 0. The Balaban J connectivity index is 1.72. The van der Waals surface area contributed by atoms with E-state index in [1.165, 1.54) is 61.8 Å². The van der Waals surface area contributed by atoms with Crippen molar-refractivity contribution in [1.82, 2.24) is 0 Å². The summed E-state index contributed by atoms with van der Waals surface area (Å²) in [4.78, 5) is 2.48. The molecule has 98 valence electrons. The number of nitrogens with zero attached hydrogens (tertiary/aromatic N) is 1. The van der Waals surface area contributed by atoms with Crippen LogP contribution >= 0.6 is 15.9 Å². The molecule has 1 saturated carbocycles. The SMILES string of the molecule is Nc1ccc(Br)c(N2CC3(CCCCCC3)C2)c1. The van der Waals surface area contributed by atoms with E-state index in [0.717, 1.165) is 5.69 Å². The Kier molecular flexibility index (Phi) is 3.27. The van der Waals surface area contributed by atoms with Gasteiger partial charge in [0.2, 0.25) is 0 Å². The highest BCUT2D eigenvalue weighted by atomic mass is 79.9. The fourth-order valence-electron chi connectivity index (χ4n) is 3.50. The van der Waals surface area contributed by atoms with Gasteiger partial charge in [0.05, 0.1) is 5.69 Å². The van der Waals surface area contributed by atoms with Gasteiger partial charge >= 0.3 is 0 Å². The molecular formula is C15H21BrN2. The van der Waals surface area contributed by atoms with Crippen LogP contribution in [0, 0.1) is 5.41 Å². The molecule has 1 aromatic carbocycles. The molecule has 2 aliphatic rings. The van der Waals surface area contributed by atoms with Gasteiger partial charge in [0.1, 0.15) is 0 Å². The van der Waals surface area contributed by atoms with Crippen LogP contribution in [0.2, 0.25) is 0 Å². The van der Waals surface area contributed by atoms with Crippen molar-refractivity contribution in [3.8, 4) is 0 Å². The number of hydrogen-bond acceptors (Lipinski definition) is 2. The first kappa shape index (κ1) is 12.3. The van der Waals surface area contributed by atoms with Crippen LogP contribution in [0.4, 0.5) is 11.4 Å². The first-order chi connectivity index (χ1) is 8.69. The molecule has 0 atom stereocenters. The standard InChI is InChI=1S/C15H21BrN2/c16-13-6-5-12(17)9-14(13)18-10-15(11-18)7-3-1-2-4-8-15/h5-6,9H,1-4,7-8,10-11,17H2. The lowest BCUT2D eigenvalue weighted by molar-refractivity contribution is 0.180. The fourth-order valence-corrected chi connectivity index (χ4v) is 4.00. The van der Waals surface area contributed by atoms with Gasteiger partial charge in [-0.3, -0.25) is 0 Å². The molecule has 0 aromatic heterocycles. The maximum absolute atomic E-state index is 5.89. The van der Waals surface area contributed by atoms with Gasteiger partial charge in [0.15, 0.2) is 0 Å². The van der Waals surface area contributed by atoms with Gasteiger partial charge < -0.3 is 10.6 Å². The molecule has 0 unspecified atom stereocenters. The van der Waals surface area contributed by atoms with E-state index in [2.05, 4.69) is 33.0 Å². The second-order valence-corrected chi connectivity index (χ2v) is 6.84. The van der Waals surface area contributed by atoms with Crippen molar-refractivity contribution in [3.05, 3.63) is 22.7 Å². The second kappa shape index (κ2) is 4.76. The molecule has 2 nitrogen and oxygen atoms in total. The van der Waals surface area contributed by atoms with E-state index in [9.17, 15) is 0 Å². The lowest BCUT2D eigenvalue weighted by Gasteiger charge is -2.52. The number of rotatable bonds is 1. The fraction of sp³-hybridized carbons (Fsp3) is 0.600. The monoisotopic (exact) mass is 308 g/mol. The van der Waals surface area contributed by atoms with Gasteiger partial charge in [-0.05, 0) is 47.0 Å². The van der Waals surface area contributed by atoms with Crippen molar-refractivity contribution < 1.29 is 0 Å². The van der Waals surface area contributed by atoms with Crippen LogP contribution in [0.15, 0.2) is 22.7 Å². The number of halogens is 1. The highest BCUT2D eigenvalue weighted by molar-refractivity contribution is 9.10. The number of nitrogen functional groups attached to an aromatic ring is 1. The number of nitrogens with two attached hydrogens (primary N) is 1. The number of hydrogen-bond donors (Lipinski definition) is 1. The van der Waals surface area contributed by atoms with E-state index < -0.39 is 0 Å². The van der Waals surface area contributed by atoms with E-state index in [0.29, 0.717) is 5.41 Å². The molecule has 0 bridgehead atoms. The van der Waals surface area contributed by atoms with Crippen molar-refractivity contribution >= 4 is 27.3 Å². The molecule has 1 aromatic rings. The summed E-state index contributed by atoms with van der Waals surface area (Å²) in [6.45, 7) is 2.43. The zero-order chi connectivity index (χ0) is 12.6. The largest absolute Gasteiger partial charge is 0.399 e. The van der Waals surface area contributed by atoms with Crippen LogP contribution < -0.4 is 10.6 Å². The van der Waals surface area contributed by atoms with E-state index in [4.69, 9.17) is 5.73 Å². The van der Waals surface area contributed by atoms with Gasteiger partial charge in [-0.25, -0.2) is 0 Å². The van der Waals surface area contributed by atoms with Gasteiger partial charge in [-0.1, -0.05) is 25.7 Å². The number of anilines is 2. The summed E-state index contributed by atoms with van der Waals surface area (Å²) in [6, 6.07) is 6.10. The predicted molar refractivity (Wildman–Crippen MR) is 80.9 cm³/mol. The molecule has 0 amide bonds. The van der Waals surface area contributed by atoms with E-state index >= 15 is 0 Å². The Labute approximate surface area is 118 Å². The molecule has 1 aliphatic heterocycles. The normalized spacial score (nSPS) is 22.6. The van der Waals surface area contributed by atoms with Gasteiger partial charge in [-0.2, -0.15) is 0 Å². The zero-order valence-corrected chi connectivity index (χ0v) is 12.4. The predicted octanol–water partition coefficient (Wildman–Crippen LogP) is 4.19. The van der Waals surface area contributed by atoms with Gasteiger partial charge in [-0.15, -0.1) is 0 Å². The Morgan fingerprint density at radius 2 is 1.72 bits per heavy atom. The van der Waals surface area contributed by atoms with E-state index in [1.54, 1.807) is 0 Å². The summed E-state index contributed by atoms with van der Waals surface area (Å²) >= 11 is 3.64. The van der Waals surface area contributed by atoms with Crippen LogP contribution in [0.1, 0.15) is 38.5 Å². The Morgan fingerprint density at radius 1 is 1.06 bits per heavy atom. The maximum Gasteiger partial charge on any atom is 0.0531 e. The topological polar surface area (TPSA) is 29.3 Å². The molecule has 1 spiro atoms. The third kappa shape index (κ3) is 2.25. The Morgan fingerprint density at radius 3 is 2.39 bits per heavy atom. The second-order valence-electron chi connectivity index (χ2n) is 5.98. The van der Waals surface area contributed by atoms with Crippen LogP contribution in [0.5, 0.6) is 0 Å². The molecule has 2 N–H and O–H groups in total. The van der Waals surface area contributed by atoms with Crippen molar-refractivity contribution in [3.63, 3.8) is 0 Å². The molecule has 0 radical (unpaired) electrons. The third-order valence-corrected chi connectivity index (χ3v) is 5.20. The van der Waals surface area contributed by atoms with Gasteiger partial charge in [0, 0.05) is 28.7 Å². The Bertz CT molecular complexity index is 428. The smallest absolute Gasteiger partial charge is 0.0531 e. The van der Waals surface area contributed by atoms with Crippen LogP contribution in [-0.4, -0.2) is 13.1 Å². The minimum Gasteiger partial charge on any atom is -0.399 e. The van der Waals surface area contributed by atoms with Crippen molar-refractivity contribution in [2.75, 3.05) is 23.7 Å². The third-order valence-electron chi connectivity index (χ3n) is 4.53. The maximum atomic E-state index is 5.89. The molecule has 1 aliphatic carbocycles. The molecule has 3 heteroatoms. The molecule has 3 rings (SSSR count). The van der Waals surface area contributed by atoms with Crippen molar-refractivity contribution in [2.24, 2.45) is 5.41 Å². The minimum absolute atomic E-state index is 0.612. The van der Waals surface area contributed by atoms with Gasteiger partial charge in [0.25, 0.3) is 0 Å².